The lowest BCUT2D eigenvalue weighted by atomic mass is 9.84. The monoisotopic (exact) mass is 436 g/mol. The summed E-state index contributed by atoms with van der Waals surface area (Å²) in [7, 11) is 3.84. The predicted molar refractivity (Wildman–Crippen MR) is 122 cm³/mol. The van der Waals surface area contributed by atoms with E-state index >= 15 is 0 Å². The highest BCUT2D eigenvalue weighted by Crippen LogP contribution is 2.44. The maximum absolute atomic E-state index is 14.9. The van der Waals surface area contributed by atoms with Crippen LogP contribution in [0.1, 0.15) is 39.5 Å². The zero-order valence-electron chi connectivity index (χ0n) is 18.9. The summed E-state index contributed by atoms with van der Waals surface area (Å²) in [6, 6.07) is 6.85. The molecule has 2 bridgehead atoms. The fraction of sp³-hybridized carbons (Fsp3) is 0.458. The van der Waals surface area contributed by atoms with Crippen LogP contribution in [0.25, 0.3) is 22.4 Å². The number of rotatable bonds is 4. The molecule has 0 radical (unpaired) electrons. The SMILES string of the molecule is CN(c1ccc(-c2c(O)cc(-c3cnn(C)c3)cc2F)nn1)[C@@H]1C[C@]2(C)CC[C@](C)(C1)N2. The number of fused-ring (bicyclic) bond motifs is 2. The molecular weight excluding hydrogens is 407 g/mol. The minimum Gasteiger partial charge on any atom is -0.507 e. The van der Waals surface area contributed by atoms with E-state index in [4.69, 9.17) is 0 Å². The van der Waals surface area contributed by atoms with Crippen LogP contribution >= 0.6 is 0 Å². The Morgan fingerprint density at radius 3 is 2.41 bits per heavy atom. The third-order valence-corrected chi connectivity index (χ3v) is 7.13. The Kier molecular flexibility index (Phi) is 4.74. The largest absolute Gasteiger partial charge is 0.507 e. The second-order valence-corrected chi connectivity index (χ2v) is 9.95. The lowest BCUT2D eigenvalue weighted by Crippen LogP contribution is -2.58. The standard InChI is InChI=1S/C24H29FN6O/c1-23-7-8-24(2,29-23)12-17(11-23)31(4)21-6-5-19(27-28-21)22-18(25)9-15(10-20(22)32)16-13-26-30(3)14-16/h5-6,9-10,13-14,17,29,32H,7-8,11-12H2,1-4H3/t17-,23+,24-. The molecule has 0 spiro atoms. The molecule has 0 saturated carbocycles. The molecule has 2 aliphatic heterocycles. The van der Waals surface area contributed by atoms with Gasteiger partial charge < -0.3 is 15.3 Å². The van der Waals surface area contributed by atoms with Crippen LogP contribution in [0.15, 0.2) is 36.7 Å². The molecule has 2 fully saturated rings. The highest BCUT2D eigenvalue weighted by molar-refractivity contribution is 5.74. The zero-order valence-corrected chi connectivity index (χ0v) is 18.9. The molecule has 7 nitrogen and oxygen atoms in total. The maximum Gasteiger partial charge on any atom is 0.151 e. The topological polar surface area (TPSA) is 79.1 Å². The molecule has 2 aliphatic rings. The quantitative estimate of drug-likeness (QED) is 0.646. The van der Waals surface area contributed by atoms with E-state index in [9.17, 15) is 9.50 Å². The molecule has 1 aromatic carbocycles. The number of aryl methyl sites for hydroxylation is 1. The van der Waals surface area contributed by atoms with Gasteiger partial charge in [0.2, 0.25) is 0 Å². The van der Waals surface area contributed by atoms with E-state index in [1.165, 1.54) is 25.0 Å². The Bertz CT molecular complexity index is 1120. The number of phenolic OH excluding ortho intramolecular Hbond substituents is 1. The van der Waals surface area contributed by atoms with Gasteiger partial charge in [0, 0.05) is 43.0 Å². The lowest BCUT2D eigenvalue weighted by Gasteiger charge is -2.45. The van der Waals surface area contributed by atoms with Crippen molar-refractivity contribution in [2.45, 2.75) is 56.7 Å². The van der Waals surface area contributed by atoms with Gasteiger partial charge in [0.15, 0.2) is 5.82 Å². The summed E-state index contributed by atoms with van der Waals surface area (Å²) in [6.07, 6.45) is 7.87. The molecule has 168 valence electrons. The number of hydrogen-bond acceptors (Lipinski definition) is 6. The van der Waals surface area contributed by atoms with Gasteiger partial charge >= 0.3 is 0 Å². The van der Waals surface area contributed by atoms with Gasteiger partial charge in [-0.15, -0.1) is 10.2 Å². The summed E-state index contributed by atoms with van der Waals surface area (Å²) in [4.78, 5) is 2.18. The maximum atomic E-state index is 14.9. The number of halogens is 1. The van der Waals surface area contributed by atoms with Crippen LogP contribution in [0.5, 0.6) is 5.75 Å². The first-order valence-corrected chi connectivity index (χ1v) is 11.0. The predicted octanol–water partition coefficient (Wildman–Crippen LogP) is 3.89. The summed E-state index contributed by atoms with van der Waals surface area (Å²) < 4.78 is 16.6. The van der Waals surface area contributed by atoms with Gasteiger partial charge in [-0.3, -0.25) is 4.68 Å². The van der Waals surface area contributed by atoms with E-state index in [2.05, 4.69) is 39.4 Å². The van der Waals surface area contributed by atoms with Gasteiger partial charge in [0.25, 0.3) is 0 Å². The van der Waals surface area contributed by atoms with Crippen molar-refractivity contribution in [3.8, 4) is 28.1 Å². The van der Waals surface area contributed by atoms with Gasteiger partial charge in [0.05, 0.1) is 17.5 Å². The average Bonchev–Trinajstić information content (AvgIpc) is 3.26. The van der Waals surface area contributed by atoms with Crippen molar-refractivity contribution in [2.24, 2.45) is 7.05 Å². The van der Waals surface area contributed by atoms with Crippen LogP contribution in [-0.4, -0.2) is 49.3 Å². The van der Waals surface area contributed by atoms with Gasteiger partial charge in [0.1, 0.15) is 11.6 Å². The Morgan fingerprint density at radius 2 is 1.84 bits per heavy atom. The summed E-state index contributed by atoms with van der Waals surface area (Å²) in [5.41, 5.74) is 1.96. The van der Waals surface area contributed by atoms with E-state index < -0.39 is 5.82 Å². The molecule has 2 N–H and O–H groups in total. The highest BCUT2D eigenvalue weighted by Gasteiger charge is 2.49. The molecule has 5 rings (SSSR count). The van der Waals surface area contributed by atoms with Crippen LogP contribution in [0, 0.1) is 5.82 Å². The number of aromatic nitrogens is 4. The van der Waals surface area contributed by atoms with Crippen molar-refractivity contribution in [1.82, 2.24) is 25.3 Å². The first-order chi connectivity index (χ1) is 15.1. The van der Waals surface area contributed by atoms with Crippen molar-refractivity contribution in [1.29, 1.82) is 0 Å². The number of phenols is 1. The minimum absolute atomic E-state index is 0.0549. The second kappa shape index (κ2) is 7.27. The molecule has 32 heavy (non-hydrogen) atoms. The number of anilines is 1. The van der Waals surface area contributed by atoms with Crippen LogP contribution < -0.4 is 10.2 Å². The third kappa shape index (κ3) is 3.62. The number of piperidine rings is 1. The summed E-state index contributed by atoms with van der Waals surface area (Å²) in [6.45, 7) is 4.60. The van der Waals surface area contributed by atoms with Crippen molar-refractivity contribution in [3.05, 3.63) is 42.5 Å². The summed E-state index contributed by atoms with van der Waals surface area (Å²) in [5.74, 6) is 0.0317. The third-order valence-electron chi connectivity index (χ3n) is 7.13. The fourth-order valence-electron chi connectivity index (χ4n) is 5.51. The molecule has 4 heterocycles. The molecule has 8 heteroatoms. The molecule has 0 amide bonds. The number of aromatic hydroxyl groups is 1. The molecular formula is C24H29FN6O. The molecule has 3 atom stereocenters. The molecule has 0 unspecified atom stereocenters. The van der Waals surface area contributed by atoms with Crippen LogP contribution in [0.2, 0.25) is 0 Å². The van der Waals surface area contributed by atoms with Gasteiger partial charge in [-0.25, -0.2) is 4.39 Å². The Morgan fingerprint density at radius 1 is 1.12 bits per heavy atom. The first kappa shape index (κ1) is 20.9. The number of nitrogens with one attached hydrogen (secondary N) is 1. The summed E-state index contributed by atoms with van der Waals surface area (Å²) in [5, 5.41) is 27.1. The summed E-state index contributed by atoms with van der Waals surface area (Å²) >= 11 is 0. The van der Waals surface area contributed by atoms with Gasteiger partial charge in [-0.05, 0) is 69.4 Å². The fourth-order valence-corrected chi connectivity index (χ4v) is 5.51. The first-order valence-electron chi connectivity index (χ1n) is 11.0. The smallest absolute Gasteiger partial charge is 0.151 e. The van der Waals surface area contributed by atoms with E-state index in [1.54, 1.807) is 30.2 Å². The Hall–Kier alpha value is -3.00. The number of hydrogen-bond donors (Lipinski definition) is 2. The van der Waals surface area contributed by atoms with Crippen molar-refractivity contribution < 1.29 is 9.50 Å². The van der Waals surface area contributed by atoms with Crippen LogP contribution in [0.3, 0.4) is 0 Å². The van der Waals surface area contributed by atoms with Crippen LogP contribution in [0.4, 0.5) is 10.2 Å². The van der Waals surface area contributed by atoms with E-state index in [1.807, 2.05) is 13.1 Å². The van der Waals surface area contributed by atoms with Crippen molar-refractivity contribution >= 4 is 5.82 Å². The van der Waals surface area contributed by atoms with Crippen molar-refractivity contribution in [3.63, 3.8) is 0 Å². The Balaban J connectivity index is 1.39. The second-order valence-electron chi connectivity index (χ2n) is 9.95. The van der Waals surface area contributed by atoms with Gasteiger partial charge in [-0.1, -0.05) is 0 Å². The number of benzene rings is 1. The number of nitrogens with zero attached hydrogens (tertiary/aromatic N) is 5. The molecule has 2 saturated heterocycles. The van der Waals surface area contributed by atoms with E-state index in [0.717, 1.165) is 24.2 Å². The molecule has 2 aromatic heterocycles. The van der Waals surface area contributed by atoms with Crippen LogP contribution in [-0.2, 0) is 7.05 Å². The zero-order chi connectivity index (χ0) is 22.7. The molecule has 3 aromatic rings. The molecule has 0 aliphatic carbocycles. The Labute approximate surface area is 187 Å². The minimum atomic E-state index is -0.546. The lowest BCUT2D eigenvalue weighted by molar-refractivity contribution is 0.207. The van der Waals surface area contributed by atoms with Gasteiger partial charge in [-0.2, -0.15) is 5.10 Å². The average molecular weight is 437 g/mol. The normalized spacial score (nSPS) is 27.0. The van der Waals surface area contributed by atoms with E-state index in [0.29, 0.717) is 17.3 Å². The van der Waals surface area contributed by atoms with Crippen molar-refractivity contribution in [2.75, 3.05) is 11.9 Å². The van der Waals surface area contributed by atoms with E-state index in [-0.39, 0.29) is 22.4 Å². The highest BCUT2D eigenvalue weighted by atomic mass is 19.1.